The SMILES string of the molecule is CCCCCCNC(F)(F)C(F)(F)F.Fc1c(F)c(F)c(-c2c(C(F)(F)F)c(F)c(F)c(F)c2C(F)(F)C(F)(F)F)c(F)c1F. The fourth-order valence-electron chi connectivity index (χ4n) is 3.33. The van der Waals surface area contributed by atoms with Gasteiger partial charge in [0.2, 0.25) is 5.82 Å². The zero-order chi connectivity index (χ0) is 35.7. The molecular weight excluding hydrogens is 689 g/mol. The quantitative estimate of drug-likeness (QED) is 0.0949. The molecule has 0 saturated carbocycles. The maximum absolute atomic E-state index is 13.9. The first-order valence-corrected chi connectivity index (χ1v) is 11.5. The Morgan fingerprint density at radius 2 is 0.844 bits per heavy atom. The second-order valence-electron chi connectivity index (χ2n) is 8.64. The van der Waals surface area contributed by atoms with E-state index >= 15 is 0 Å². The van der Waals surface area contributed by atoms with Crippen molar-refractivity contribution >= 4 is 0 Å². The molecule has 2 aromatic rings. The van der Waals surface area contributed by atoms with Crippen LogP contribution in [-0.4, -0.2) is 24.9 Å². The van der Waals surface area contributed by atoms with Gasteiger partial charge in [0.05, 0.1) is 11.1 Å². The molecule has 0 aromatic heterocycles. The molecule has 0 atom stereocenters. The van der Waals surface area contributed by atoms with Gasteiger partial charge in [-0.05, 0) is 6.42 Å². The highest BCUT2D eigenvalue weighted by Crippen LogP contribution is 2.53. The highest BCUT2D eigenvalue weighted by Gasteiger charge is 2.63. The topological polar surface area (TPSA) is 12.0 Å². The highest BCUT2D eigenvalue weighted by atomic mass is 19.4. The maximum atomic E-state index is 13.9. The van der Waals surface area contributed by atoms with Crippen LogP contribution in [0.15, 0.2) is 0 Å². The summed E-state index contributed by atoms with van der Waals surface area (Å²) in [5.41, 5.74) is -14.2. The first-order chi connectivity index (χ1) is 20.1. The first-order valence-electron chi connectivity index (χ1n) is 11.5. The second kappa shape index (κ2) is 13.7. The Morgan fingerprint density at radius 1 is 0.444 bits per heavy atom. The van der Waals surface area contributed by atoms with Crippen LogP contribution in [0.5, 0.6) is 0 Å². The van der Waals surface area contributed by atoms with E-state index in [1.165, 1.54) is 5.32 Å². The normalized spacial score (nSPS) is 13.2. The molecule has 22 heteroatoms. The molecule has 0 amide bonds. The average Bonchev–Trinajstić information content (AvgIpc) is 2.87. The van der Waals surface area contributed by atoms with Crippen molar-refractivity contribution in [2.24, 2.45) is 0 Å². The van der Waals surface area contributed by atoms with Crippen molar-refractivity contribution in [2.45, 2.75) is 63.1 Å². The lowest BCUT2D eigenvalue weighted by molar-refractivity contribution is -0.295. The van der Waals surface area contributed by atoms with Crippen LogP contribution < -0.4 is 5.32 Å². The van der Waals surface area contributed by atoms with Crippen molar-refractivity contribution in [2.75, 3.05) is 6.54 Å². The van der Waals surface area contributed by atoms with Crippen LogP contribution in [0.2, 0.25) is 0 Å². The van der Waals surface area contributed by atoms with Gasteiger partial charge in [-0.3, -0.25) is 5.32 Å². The van der Waals surface area contributed by atoms with Gasteiger partial charge >= 0.3 is 30.5 Å². The van der Waals surface area contributed by atoms with Crippen LogP contribution in [0, 0.1) is 46.5 Å². The van der Waals surface area contributed by atoms with Crippen molar-refractivity contribution in [3.8, 4) is 11.1 Å². The third-order valence-electron chi connectivity index (χ3n) is 5.47. The van der Waals surface area contributed by atoms with E-state index < -0.39 is 99.3 Å². The summed E-state index contributed by atoms with van der Waals surface area (Å²) >= 11 is 0. The van der Waals surface area contributed by atoms with Crippen molar-refractivity contribution in [3.63, 3.8) is 0 Å². The number of rotatable bonds is 8. The van der Waals surface area contributed by atoms with E-state index in [0.29, 0.717) is 12.8 Å². The molecule has 2 rings (SSSR count). The van der Waals surface area contributed by atoms with Gasteiger partial charge in [-0.1, -0.05) is 26.2 Å². The molecular formula is C23H14F21N. The molecule has 0 aliphatic heterocycles. The molecule has 0 spiro atoms. The number of alkyl halides is 13. The summed E-state index contributed by atoms with van der Waals surface area (Å²) in [6, 6.07) is -4.76. The van der Waals surface area contributed by atoms with E-state index in [1.54, 1.807) is 0 Å². The van der Waals surface area contributed by atoms with Gasteiger partial charge in [0.1, 0.15) is 5.56 Å². The minimum absolute atomic E-state index is 0.313. The lowest BCUT2D eigenvalue weighted by atomic mass is 9.88. The molecule has 0 aliphatic rings. The van der Waals surface area contributed by atoms with Crippen molar-refractivity contribution in [1.29, 1.82) is 0 Å². The van der Waals surface area contributed by atoms with Gasteiger partial charge in [-0.25, -0.2) is 35.1 Å². The number of benzene rings is 2. The van der Waals surface area contributed by atoms with Crippen molar-refractivity contribution in [3.05, 3.63) is 57.7 Å². The summed E-state index contributed by atoms with van der Waals surface area (Å²) in [5, 5.41) is 1.20. The molecule has 0 saturated heterocycles. The molecule has 0 unspecified atom stereocenters. The molecule has 0 radical (unpaired) electrons. The Labute approximate surface area is 237 Å². The maximum Gasteiger partial charge on any atom is 0.469 e. The Bertz CT molecular complexity index is 1320. The Balaban J connectivity index is 0.000000609. The first kappa shape index (κ1) is 40.0. The largest absolute Gasteiger partial charge is 0.469 e. The van der Waals surface area contributed by atoms with Gasteiger partial charge in [0.15, 0.2) is 40.7 Å². The number of hydrogen-bond donors (Lipinski definition) is 1. The van der Waals surface area contributed by atoms with Gasteiger partial charge in [0, 0.05) is 12.1 Å². The van der Waals surface area contributed by atoms with Gasteiger partial charge in [0.25, 0.3) is 0 Å². The van der Waals surface area contributed by atoms with E-state index in [-0.39, 0.29) is 6.54 Å². The fourth-order valence-corrected chi connectivity index (χ4v) is 3.33. The van der Waals surface area contributed by atoms with Crippen molar-refractivity contribution < 1.29 is 92.2 Å². The lowest BCUT2D eigenvalue weighted by Crippen LogP contribution is -2.49. The number of hydrogen-bond acceptors (Lipinski definition) is 1. The van der Waals surface area contributed by atoms with Crippen LogP contribution in [0.1, 0.15) is 43.7 Å². The molecule has 258 valence electrons. The predicted molar refractivity (Wildman–Crippen MR) is 110 cm³/mol. The number of halogens is 21. The molecule has 0 bridgehead atoms. The Morgan fingerprint density at radius 3 is 1.22 bits per heavy atom. The smallest absolute Gasteiger partial charge is 0.250 e. The molecule has 0 fully saturated rings. The minimum atomic E-state index is -7.10. The van der Waals surface area contributed by atoms with Crippen LogP contribution in [0.25, 0.3) is 11.1 Å². The lowest BCUT2D eigenvalue weighted by Gasteiger charge is -2.26. The van der Waals surface area contributed by atoms with Gasteiger partial charge in [-0.15, -0.1) is 0 Å². The number of unbranched alkanes of at least 4 members (excludes halogenated alkanes) is 3. The predicted octanol–water partition coefficient (Wildman–Crippen LogP) is 10.5. The second-order valence-corrected chi connectivity index (χ2v) is 8.64. The number of nitrogens with one attached hydrogen (secondary N) is 1. The monoisotopic (exact) mass is 703 g/mol. The van der Waals surface area contributed by atoms with Crippen LogP contribution in [-0.2, 0) is 12.1 Å². The van der Waals surface area contributed by atoms with Crippen LogP contribution in [0.4, 0.5) is 92.2 Å². The Hall–Kier alpha value is -3.07. The summed E-state index contributed by atoms with van der Waals surface area (Å²) < 4.78 is 273. The highest BCUT2D eigenvalue weighted by molar-refractivity contribution is 5.75. The molecule has 2 aromatic carbocycles. The standard InChI is InChI=1S/C15F16.C8H14F5N/c16-5-2(6(17)10(21)12(23)9(5)20)1-3(13(24,25)15(29,30)31)7(18)11(22)8(19)4(1)14(26,27)28;1-2-3-4-5-6-14-8(12,13)7(9,10)11/h;14H,2-6H2,1H3. The van der Waals surface area contributed by atoms with Crippen molar-refractivity contribution in [1.82, 2.24) is 5.32 Å². The third kappa shape index (κ3) is 8.21. The van der Waals surface area contributed by atoms with Gasteiger partial charge < -0.3 is 0 Å². The molecule has 0 aliphatic carbocycles. The fraction of sp³-hybridized carbons (Fsp3) is 0.478. The molecule has 1 N–H and O–H groups in total. The van der Waals surface area contributed by atoms with Crippen LogP contribution in [0.3, 0.4) is 0 Å². The molecule has 0 heterocycles. The average molecular weight is 703 g/mol. The minimum Gasteiger partial charge on any atom is -0.250 e. The Kier molecular flexibility index (Phi) is 12.2. The van der Waals surface area contributed by atoms with E-state index in [2.05, 4.69) is 0 Å². The summed E-state index contributed by atoms with van der Waals surface area (Å²) in [6.07, 6.45) is -16.4. The summed E-state index contributed by atoms with van der Waals surface area (Å²) in [4.78, 5) is 0. The zero-order valence-corrected chi connectivity index (χ0v) is 21.5. The summed E-state index contributed by atoms with van der Waals surface area (Å²) in [5.74, 6) is -34.1. The van der Waals surface area contributed by atoms with E-state index in [9.17, 15) is 92.2 Å². The van der Waals surface area contributed by atoms with E-state index in [4.69, 9.17) is 0 Å². The third-order valence-corrected chi connectivity index (χ3v) is 5.47. The zero-order valence-electron chi connectivity index (χ0n) is 21.5. The van der Waals surface area contributed by atoms with E-state index in [1.807, 2.05) is 6.92 Å². The molecule has 1 nitrogen and oxygen atoms in total. The summed E-state index contributed by atoms with van der Waals surface area (Å²) in [7, 11) is 0. The van der Waals surface area contributed by atoms with Gasteiger partial charge in [-0.2, -0.15) is 57.1 Å². The molecule has 45 heavy (non-hydrogen) atoms. The van der Waals surface area contributed by atoms with Crippen LogP contribution >= 0.6 is 0 Å². The van der Waals surface area contributed by atoms with E-state index in [0.717, 1.165) is 12.8 Å². The summed E-state index contributed by atoms with van der Waals surface area (Å²) in [6.45, 7) is 1.62.